The lowest BCUT2D eigenvalue weighted by molar-refractivity contribution is 0.458. The molecule has 0 unspecified atom stereocenters. The first kappa shape index (κ1) is 16.0. The van der Waals surface area contributed by atoms with Crippen LogP contribution in [0.2, 0.25) is 0 Å². The van der Waals surface area contributed by atoms with Gasteiger partial charge in [-0.1, -0.05) is 28.1 Å². The maximum atomic E-state index is 12.5. The van der Waals surface area contributed by atoms with Gasteiger partial charge in [-0.3, -0.25) is 0 Å². The predicted molar refractivity (Wildman–Crippen MR) is 85.6 cm³/mol. The van der Waals surface area contributed by atoms with E-state index in [0.29, 0.717) is 0 Å². The van der Waals surface area contributed by atoms with Crippen LogP contribution in [0.15, 0.2) is 51.8 Å². The second-order valence-electron chi connectivity index (χ2n) is 4.84. The first-order valence-electron chi connectivity index (χ1n) is 6.31. The number of hydrogen-bond donors (Lipinski definition) is 1. The fourth-order valence-corrected chi connectivity index (χ4v) is 3.45. The van der Waals surface area contributed by atoms with E-state index in [0.717, 1.165) is 15.6 Å². The van der Waals surface area contributed by atoms with Gasteiger partial charge in [-0.15, -0.1) is 0 Å². The third-order valence-electron chi connectivity index (χ3n) is 3.15. The van der Waals surface area contributed by atoms with Gasteiger partial charge in [-0.05, 0) is 48.4 Å². The average Bonchev–Trinajstić information content (AvgIpc) is 2.41. The number of rotatable bonds is 4. The number of phenolic OH excluding ortho intramolecular Hbond substituents is 1. The second kappa shape index (κ2) is 6.17. The fraction of sp³-hybridized carbons (Fsp3) is 0.200. The van der Waals surface area contributed by atoms with Gasteiger partial charge >= 0.3 is 0 Å². The molecule has 0 heterocycles. The van der Waals surface area contributed by atoms with Crippen molar-refractivity contribution in [1.29, 1.82) is 0 Å². The van der Waals surface area contributed by atoms with Crippen molar-refractivity contribution >= 4 is 26.0 Å². The van der Waals surface area contributed by atoms with Crippen molar-refractivity contribution in [2.24, 2.45) is 0 Å². The number of aromatic hydroxyl groups is 1. The Balaban J connectivity index is 2.28. The summed E-state index contributed by atoms with van der Waals surface area (Å²) in [6.45, 7) is 2.05. The summed E-state index contributed by atoms with van der Waals surface area (Å²) in [6, 6.07) is 11.5. The van der Waals surface area contributed by atoms with E-state index in [4.69, 9.17) is 0 Å². The van der Waals surface area contributed by atoms with Crippen LogP contribution >= 0.6 is 15.9 Å². The lowest BCUT2D eigenvalue weighted by atomic mass is 10.2. The van der Waals surface area contributed by atoms with Gasteiger partial charge in [0.25, 0.3) is 0 Å². The van der Waals surface area contributed by atoms with Gasteiger partial charge in [0.2, 0.25) is 10.0 Å². The van der Waals surface area contributed by atoms with E-state index in [-0.39, 0.29) is 17.2 Å². The fourth-order valence-electron chi connectivity index (χ4n) is 1.95. The van der Waals surface area contributed by atoms with Crippen molar-refractivity contribution in [3.8, 4) is 5.75 Å². The highest BCUT2D eigenvalue weighted by Gasteiger charge is 2.21. The molecule has 0 radical (unpaired) electrons. The lowest BCUT2D eigenvalue weighted by Crippen LogP contribution is -2.26. The van der Waals surface area contributed by atoms with Crippen molar-refractivity contribution in [3.05, 3.63) is 58.1 Å². The Morgan fingerprint density at radius 1 is 1.19 bits per heavy atom. The Kier molecular flexibility index (Phi) is 4.70. The third-order valence-corrected chi connectivity index (χ3v) is 5.84. The van der Waals surface area contributed by atoms with Crippen molar-refractivity contribution in [1.82, 2.24) is 4.31 Å². The molecule has 0 aliphatic heterocycles. The number of aryl methyl sites for hydroxylation is 1. The quantitative estimate of drug-likeness (QED) is 0.899. The summed E-state index contributed by atoms with van der Waals surface area (Å²) in [7, 11) is -2.03. The first-order chi connectivity index (χ1) is 9.80. The molecule has 2 aromatic rings. The predicted octanol–water partition coefficient (Wildman–Crippen LogP) is 3.28. The van der Waals surface area contributed by atoms with Crippen LogP contribution in [0.4, 0.5) is 0 Å². The molecule has 0 amide bonds. The molecule has 2 rings (SSSR count). The Hall–Kier alpha value is -1.37. The van der Waals surface area contributed by atoms with Crippen LogP contribution in [0.1, 0.15) is 11.1 Å². The van der Waals surface area contributed by atoms with Crippen molar-refractivity contribution in [3.63, 3.8) is 0 Å². The monoisotopic (exact) mass is 369 g/mol. The summed E-state index contributed by atoms with van der Waals surface area (Å²) < 4.78 is 27.2. The van der Waals surface area contributed by atoms with Gasteiger partial charge in [-0.25, -0.2) is 8.42 Å². The molecule has 6 heteroatoms. The summed E-state index contributed by atoms with van der Waals surface area (Å²) in [6.07, 6.45) is 0. The Morgan fingerprint density at radius 2 is 1.90 bits per heavy atom. The zero-order valence-corrected chi connectivity index (χ0v) is 14.1. The molecule has 0 fully saturated rings. The molecule has 1 N–H and O–H groups in total. The minimum atomic E-state index is -3.56. The van der Waals surface area contributed by atoms with E-state index in [9.17, 15) is 13.5 Å². The second-order valence-corrected chi connectivity index (χ2v) is 7.74. The minimum absolute atomic E-state index is 0.123. The van der Waals surface area contributed by atoms with E-state index in [2.05, 4.69) is 15.9 Å². The van der Waals surface area contributed by atoms with Gasteiger partial charge in [0.15, 0.2) is 0 Å². The van der Waals surface area contributed by atoms with Crippen LogP contribution in [-0.2, 0) is 16.6 Å². The summed E-state index contributed by atoms with van der Waals surface area (Å²) >= 11 is 3.36. The summed E-state index contributed by atoms with van der Waals surface area (Å²) in [4.78, 5) is 0.255. The van der Waals surface area contributed by atoms with Crippen LogP contribution in [0.25, 0.3) is 0 Å². The summed E-state index contributed by atoms with van der Waals surface area (Å²) in [5.74, 6) is 0.123. The number of sulfonamides is 1. The van der Waals surface area contributed by atoms with Crippen molar-refractivity contribution in [2.45, 2.75) is 18.4 Å². The summed E-state index contributed by atoms with van der Waals surface area (Å²) in [5, 5.41) is 9.44. The average molecular weight is 370 g/mol. The first-order valence-corrected chi connectivity index (χ1v) is 8.54. The number of halogens is 1. The van der Waals surface area contributed by atoms with Crippen LogP contribution in [0, 0.1) is 6.92 Å². The van der Waals surface area contributed by atoms with Gasteiger partial charge < -0.3 is 5.11 Å². The number of hydrogen-bond acceptors (Lipinski definition) is 3. The molecular formula is C15H16BrNO3S. The van der Waals surface area contributed by atoms with Crippen LogP contribution in [-0.4, -0.2) is 24.9 Å². The van der Waals surface area contributed by atoms with E-state index < -0.39 is 10.0 Å². The molecule has 0 spiro atoms. The van der Waals surface area contributed by atoms with Gasteiger partial charge in [-0.2, -0.15) is 4.31 Å². The van der Waals surface area contributed by atoms with Crippen molar-refractivity contribution in [2.75, 3.05) is 7.05 Å². The molecule has 0 aliphatic carbocycles. The van der Waals surface area contributed by atoms with Crippen LogP contribution in [0.3, 0.4) is 0 Å². The molecular weight excluding hydrogens is 354 g/mol. The maximum absolute atomic E-state index is 12.5. The summed E-state index contributed by atoms with van der Waals surface area (Å²) in [5.41, 5.74) is 1.59. The molecule has 0 aromatic heterocycles. The van der Waals surface area contributed by atoms with Crippen molar-refractivity contribution < 1.29 is 13.5 Å². The Morgan fingerprint density at radius 3 is 2.52 bits per heavy atom. The number of benzene rings is 2. The third kappa shape index (κ3) is 3.64. The highest BCUT2D eigenvalue weighted by molar-refractivity contribution is 9.10. The minimum Gasteiger partial charge on any atom is -0.508 e. The number of nitrogens with zero attached hydrogens (tertiary/aromatic N) is 1. The molecule has 4 nitrogen and oxygen atoms in total. The molecule has 112 valence electrons. The van der Waals surface area contributed by atoms with E-state index in [1.807, 2.05) is 6.92 Å². The smallest absolute Gasteiger partial charge is 0.243 e. The molecule has 2 aromatic carbocycles. The highest BCUT2D eigenvalue weighted by atomic mass is 79.9. The lowest BCUT2D eigenvalue weighted by Gasteiger charge is -2.18. The standard InChI is InChI=1S/C15H16BrNO3S/c1-11-8-14(6-7-15(11)16)21(19,20)17(2)10-12-4-3-5-13(18)9-12/h3-9,18H,10H2,1-2H3. The van der Waals surface area contributed by atoms with Crippen LogP contribution < -0.4 is 0 Å². The SMILES string of the molecule is Cc1cc(S(=O)(=O)N(C)Cc2cccc(O)c2)ccc1Br. The molecule has 0 bridgehead atoms. The maximum Gasteiger partial charge on any atom is 0.243 e. The molecule has 0 saturated heterocycles. The largest absolute Gasteiger partial charge is 0.508 e. The molecule has 21 heavy (non-hydrogen) atoms. The van der Waals surface area contributed by atoms with Gasteiger partial charge in [0, 0.05) is 18.1 Å². The van der Waals surface area contributed by atoms with E-state index >= 15 is 0 Å². The Bertz CT molecular complexity index is 759. The van der Waals surface area contributed by atoms with Gasteiger partial charge in [0.1, 0.15) is 5.75 Å². The molecule has 0 aliphatic rings. The van der Waals surface area contributed by atoms with Gasteiger partial charge in [0.05, 0.1) is 4.90 Å². The van der Waals surface area contributed by atoms with Crippen LogP contribution in [0.5, 0.6) is 5.75 Å². The van der Waals surface area contributed by atoms with E-state index in [1.165, 1.54) is 11.4 Å². The Labute approximate surface area is 133 Å². The number of phenols is 1. The highest BCUT2D eigenvalue weighted by Crippen LogP contribution is 2.23. The topological polar surface area (TPSA) is 57.6 Å². The molecule has 0 atom stereocenters. The zero-order chi connectivity index (χ0) is 15.6. The zero-order valence-electron chi connectivity index (χ0n) is 11.7. The molecule has 0 saturated carbocycles. The van der Waals surface area contributed by atoms with E-state index in [1.54, 1.807) is 42.5 Å². The normalized spacial score (nSPS) is 11.8.